The number of benzene rings is 16. The summed E-state index contributed by atoms with van der Waals surface area (Å²) in [6.45, 7) is 26.5. The number of rotatable bonds is 4. The van der Waals surface area contributed by atoms with E-state index >= 15 is 0 Å². The molecule has 504 valence electrons. The Balaban J connectivity index is 0.927. The molecule has 0 saturated carbocycles. The van der Waals surface area contributed by atoms with E-state index in [9.17, 15) is 0 Å². The van der Waals surface area contributed by atoms with Crippen LogP contribution in [0, 0.1) is 178 Å². The van der Waals surface area contributed by atoms with E-state index in [2.05, 4.69) is 396 Å². The van der Waals surface area contributed by atoms with E-state index in [1.165, 1.54) is 89.0 Å². The average molecular weight is 1370 g/mol. The van der Waals surface area contributed by atoms with Crippen LogP contribution >= 0.6 is 0 Å². The standard InChI is InChI=1S/C108H72/c1-65-53-69(5)101(70(6)54-65)105-85-45-21-37-77-29-13-15-31-79-39-23-47-87-95(79)62-97-81(41-25-49-89(97)106(87)102-71(7)55-66(2)56-72(102)8)33-17-19-35-83-43-27-51-91-99(83)64-100-84(44-28-52-92(100)108(91)104-75(11)59-68(4)60-76(104)12)36-20-18-34-82-42-26-50-90-98(82)63-96-80(32-16-14-30-78-38-22-46-86(105)94(78)61-93(77)85)40-24-48-88(96)107(90)103-73(9)57-67(3)58-74(103)10/h21-28,37-64H,1-12H3. The fourth-order valence-electron chi connectivity index (χ4n) is 17.7. The average Bonchev–Trinajstić information content (AvgIpc) is 0.756. The smallest absolute Gasteiger partial charge is 0.0334 e. The molecule has 0 nitrogen and oxygen atoms in total. The monoisotopic (exact) mass is 1370 g/mol. The third kappa shape index (κ3) is 11.8. The molecule has 1 aliphatic carbocycles. The Morgan fingerprint density at radius 2 is 0.269 bits per heavy atom. The lowest BCUT2D eigenvalue weighted by molar-refractivity contribution is 1.33. The van der Waals surface area contributed by atoms with Crippen LogP contribution in [-0.2, 0) is 0 Å². The fourth-order valence-corrected chi connectivity index (χ4v) is 17.7. The SMILES string of the molecule is Cc1cc(C)c(-c2c3cccc4c3cc3c(cccc23)C#CC#Cc2cccc3c(-c5c(C)cc(C)cc5C)c5cccc(c5cc23)C#CC#Cc2cccc3c(-c5c(C)cc(C)cc5C)c5cccc(c5cc23)C#CC#Cc2cccc3c(-c5c(C)cc(C)cc5C)c5cccc(c5cc23)C#CC#C4)c(C)c1. The van der Waals surface area contributed by atoms with Crippen molar-refractivity contribution in [1.29, 1.82) is 0 Å². The Morgan fingerprint density at radius 1 is 0.139 bits per heavy atom. The second-order valence-electron chi connectivity index (χ2n) is 29.3. The van der Waals surface area contributed by atoms with Crippen molar-refractivity contribution in [1.82, 2.24) is 0 Å². The molecular formula is C108H72. The van der Waals surface area contributed by atoms with Crippen molar-refractivity contribution in [3.05, 3.63) is 330 Å². The molecule has 1 aliphatic rings. The summed E-state index contributed by atoms with van der Waals surface area (Å²) in [5.41, 5.74) is 31.0. The predicted octanol–water partition coefficient (Wildman–Crippen LogP) is 25.2. The molecule has 108 heavy (non-hydrogen) atoms. The van der Waals surface area contributed by atoms with Crippen molar-refractivity contribution in [2.45, 2.75) is 83.1 Å². The Kier molecular flexibility index (Phi) is 17.0. The number of aryl methyl sites for hydroxylation is 12. The lowest BCUT2D eigenvalue weighted by atomic mass is 9.85. The van der Waals surface area contributed by atoms with Crippen molar-refractivity contribution in [3.63, 3.8) is 0 Å². The molecule has 0 aromatic heterocycles. The summed E-state index contributed by atoms with van der Waals surface area (Å²) in [4.78, 5) is 0. The fraction of sp³-hybridized carbons (Fsp3) is 0.111. The van der Waals surface area contributed by atoms with Crippen molar-refractivity contribution in [2.75, 3.05) is 0 Å². The zero-order valence-corrected chi connectivity index (χ0v) is 62.8. The maximum atomic E-state index is 3.59. The van der Waals surface area contributed by atoms with Crippen LogP contribution in [0.2, 0.25) is 0 Å². The van der Waals surface area contributed by atoms with Gasteiger partial charge in [0.2, 0.25) is 0 Å². The molecule has 0 aliphatic heterocycles. The van der Waals surface area contributed by atoms with E-state index < -0.39 is 0 Å². The van der Waals surface area contributed by atoms with Crippen molar-refractivity contribution < 1.29 is 0 Å². The lowest BCUT2D eigenvalue weighted by Crippen LogP contribution is -1.95. The zero-order chi connectivity index (χ0) is 74.2. The first-order chi connectivity index (χ1) is 52.5. The molecule has 0 saturated heterocycles. The molecule has 0 unspecified atom stereocenters. The first-order valence-electron chi connectivity index (χ1n) is 36.9. The van der Waals surface area contributed by atoms with Gasteiger partial charge in [-0.25, -0.2) is 0 Å². The summed E-state index contributed by atoms with van der Waals surface area (Å²) < 4.78 is 0. The molecular weight excluding hydrogens is 1300 g/mol. The van der Waals surface area contributed by atoms with E-state index in [0.717, 1.165) is 153 Å². The van der Waals surface area contributed by atoms with E-state index in [1.54, 1.807) is 0 Å². The van der Waals surface area contributed by atoms with E-state index in [0.29, 0.717) is 0 Å². The van der Waals surface area contributed by atoms with Crippen LogP contribution in [0.15, 0.2) is 218 Å². The second-order valence-corrected chi connectivity index (χ2v) is 29.3. The quantitative estimate of drug-likeness (QED) is 0.122. The third-order valence-corrected chi connectivity index (χ3v) is 21.7. The highest BCUT2D eigenvalue weighted by atomic mass is 14.3. The summed E-state index contributed by atoms with van der Waals surface area (Å²) >= 11 is 0. The zero-order valence-electron chi connectivity index (χ0n) is 62.8. The van der Waals surface area contributed by atoms with Gasteiger partial charge in [0.05, 0.1) is 0 Å². The van der Waals surface area contributed by atoms with E-state index in [1.807, 2.05) is 0 Å². The maximum Gasteiger partial charge on any atom is 0.0334 e. The predicted molar refractivity (Wildman–Crippen MR) is 459 cm³/mol. The Labute approximate surface area is 633 Å². The summed E-state index contributed by atoms with van der Waals surface area (Å²) in [5.74, 6) is 55.7. The minimum Gasteiger partial charge on any atom is -0.0604 e. The molecule has 16 aromatic carbocycles. The van der Waals surface area contributed by atoms with Crippen LogP contribution in [0.5, 0.6) is 0 Å². The topological polar surface area (TPSA) is 0 Å². The summed E-state index contributed by atoms with van der Waals surface area (Å²) in [6, 6.07) is 79.1. The van der Waals surface area contributed by atoms with Crippen molar-refractivity contribution in [2.24, 2.45) is 0 Å². The highest BCUT2D eigenvalue weighted by molar-refractivity contribution is 6.20. The Hall–Kier alpha value is -13.9. The summed E-state index contributed by atoms with van der Waals surface area (Å²) in [7, 11) is 0. The van der Waals surface area contributed by atoms with Crippen LogP contribution in [0.3, 0.4) is 0 Å². The third-order valence-electron chi connectivity index (χ3n) is 21.7. The molecule has 0 atom stereocenters. The van der Waals surface area contributed by atoms with Crippen molar-refractivity contribution in [3.8, 4) is 139 Å². The number of hydrogen-bond donors (Lipinski definition) is 0. The largest absolute Gasteiger partial charge is 0.0604 e. The van der Waals surface area contributed by atoms with Gasteiger partial charge in [0.15, 0.2) is 0 Å². The van der Waals surface area contributed by atoms with Crippen LogP contribution in [-0.4, -0.2) is 0 Å². The van der Waals surface area contributed by atoms with Gasteiger partial charge in [-0.2, -0.15) is 0 Å². The maximum absolute atomic E-state index is 3.59. The normalized spacial score (nSPS) is 11.5. The molecule has 0 fully saturated rings. The van der Waals surface area contributed by atoms with Gasteiger partial charge in [0, 0.05) is 44.5 Å². The van der Waals surface area contributed by atoms with Crippen LogP contribution < -0.4 is 0 Å². The van der Waals surface area contributed by atoms with Crippen LogP contribution in [0.25, 0.3) is 131 Å². The highest BCUT2D eigenvalue weighted by Gasteiger charge is 2.23. The highest BCUT2D eigenvalue weighted by Crippen LogP contribution is 2.47. The molecule has 17 rings (SSSR count). The van der Waals surface area contributed by atoms with Crippen molar-refractivity contribution >= 4 is 86.2 Å². The first kappa shape index (κ1) is 67.3. The van der Waals surface area contributed by atoms with E-state index in [-0.39, 0.29) is 0 Å². The molecule has 0 heterocycles. The Morgan fingerprint density at radius 3 is 0.398 bits per heavy atom. The minimum atomic E-state index is 0.877. The summed E-state index contributed by atoms with van der Waals surface area (Å²) in [6.07, 6.45) is 0. The lowest BCUT2D eigenvalue weighted by Gasteiger charge is -2.18. The van der Waals surface area contributed by atoms with Gasteiger partial charge in [-0.3, -0.25) is 0 Å². The molecule has 0 amide bonds. The molecule has 0 spiro atoms. The summed E-state index contributed by atoms with van der Waals surface area (Å²) in [5, 5.41) is 17.1. The van der Waals surface area contributed by atoms with E-state index in [4.69, 9.17) is 0 Å². The van der Waals surface area contributed by atoms with Crippen LogP contribution in [0.1, 0.15) is 111 Å². The van der Waals surface area contributed by atoms with Gasteiger partial charge >= 0.3 is 0 Å². The van der Waals surface area contributed by atoms with Gasteiger partial charge in [-0.1, -0.05) is 215 Å². The minimum absolute atomic E-state index is 0.877. The molecule has 0 N–H and O–H groups in total. The van der Waals surface area contributed by atoms with Gasteiger partial charge in [-0.15, -0.1) is 0 Å². The molecule has 16 aromatic rings. The van der Waals surface area contributed by atoms with Gasteiger partial charge in [-0.05, 0) is 378 Å². The molecule has 0 radical (unpaired) electrons. The van der Waals surface area contributed by atoms with Crippen LogP contribution in [0.4, 0.5) is 0 Å². The Bertz CT molecular complexity index is 6050. The van der Waals surface area contributed by atoms with Gasteiger partial charge in [0.1, 0.15) is 0 Å². The van der Waals surface area contributed by atoms with Gasteiger partial charge in [0.25, 0.3) is 0 Å². The molecule has 8 bridgehead atoms. The van der Waals surface area contributed by atoms with Gasteiger partial charge < -0.3 is 0 Å². The first-order valence-corrected chi connectivity index (χ1v) is 36.9. The number of hydrogen-bond acceptors (Lipinski definition) is 0. The molecule has 0 heteroatoms. The second kappa shape index (κ2) is 27.3.